The molecule has 2 atom stereocenters. The monoisotopic (exact) mass is 186 g/mol. The van der Waals surface area contributed by atoms with Gasteiger partial charge in [0, 0.05) is 0 Å². The van der Waals surface area contributed by atoms with Gasteiger partial charge in [-0.15, -0.1) is 0 Å². The zero-order valence-corrected chi connectivity index (χ0v) is 8.79. The zero-order valence-electron chi connectivity index (χ0n) is 8.79. The van der Waals surface area contributed by atoms with Gasteiger partial charge in [-0.2, -0.15) is 0 Å². The van der Waals surface area contributed by atoms with E-state index in [1.54, 1.807) is 0 Å². The molecule has 0 aliphatic heterocycles. The van der Waals surface area contributed by atoms with Gasteiger partial charge in [0.1, 0.15) is 5.60 Å². The van der Waals surface area contributed by atoms with Crippen molar-refractivity contribution >= 4 is 6.16 Å². The summed E-state index contributed by atoms with van der Waals surface area (Å²) in [5.41, 5.74) is -0.452. The van der Waals surface area contributed by atoms with Gasteiger partial charge in [-0.1, -0.05) is 6.92 Å². The lowest BCUT2D eigenvalue weighted by molar-refractivity contribution is -0.00935. The van der Waals surface area contributed by atoms with Crippen molar-refractivity contribution in [2.45, 2.75) is 39.7 Å². The highest BCUT2D eigenvalue weighted by molar-refractivity contribution is 5.60. The van der Waals surface area contributed by atoms with Crippen LogP contribution in [0.5, 0.6) is 0 Å². The number of hydrogen-bond acceptors (Lipinski definition) is 3. The van der Waals surface area contributed by atoms with Crippen LogP contribution in [0, 0.1) is 11.8 Å². The predicted molar refractivity (Wildman–Crippen MR) is 49.5 cm³/mol. The molecule has 0 aromatic rings. The van der Waals surface area contributed by atoms with E-state index in [-0.39, 0.29) is 0 Å². The average Bonchev–Trinajstić information content (AvgIpc) is 2.58. The summed E-state index contributed by atoms with van der Waals surface area (Å²) in [7, 11) is 0. The van der Waals surface area contributed by atoms with Crippen molar-refractivity contribution in [3.05, 3.63) is 0 Å². The molecule has 0 amide bonds. The van der Waals surface area contributed by atoms with Gasteiger partial charge in [0.25, 0.3) is 0 Å². The van der Waals surface area contributed by atoms with Crippen molar-refractivity contribution in [1.82, 2.24) is 0 Å². The molecule has 0 radical (unpaired) electrons. The molecule has 1 fully saturated rings. The minimum atomic E-state index is -0.549. The molecule has 0 heterocycles. The first kappa shape index (κ1) is 10.4. The standard InChI is InChI=1S/C10H18O3/c1-7-5-8(7)6-12-9(11)13-10(2,3)4/h7-8H,5-6H2,1-4H3/t7-,8+/m1/s1. The highest BCUT2D eigenvalue weighted by Crippen LogP contribution is 2.37. The summed E-state index contributed by atoms with van der Waals surface area (Å²) in [5, 5.41) is 0. The molecule has 76 valence electrons. The second-order valence-corrected chi connectivity index (χ2v) is 4.75. The lowest BCUT2D eigenvalue weighted by Gasteiger charge is -2.18. The molecule has 0 bridgehead atoms. The number of hydrogen-bond donors (Lipinski definition) is 0. The van der Waals surface area contributed by atoms with Gasteiger partial charge in [-0.25, -0.2) is 4.79 Å². The zero-order chi connectivity index (χ0) is 10.1. The Bertz CT molecular complexity index is 193. The summed E-state index contributed by atoms with van der Waals surface area (Å²) < 4.78 is 9.94. The lowest BCUT2D eigenvalue weighted by Crippen LogP contribution is -2.24. The van der Waals surface area contributed by atoms with Crippen molar-refractivity contribution < 1.29 is 14.3 Å². The van der Waals surface area contributed by atoms with E-state index in [0.29, 0.717) is 18.4 Å². The molecule has 1 rings (SSSR count). The van der Waals surface area contributed by atoms with Crippen molar-refractivity contribution in [3.63, 3.8) is 0 Å². The first-order chi connectivity index (χ1) is 5.88. The van der Waals surface area contributed by atoms with Gasteiger partial charge in [0.15, 0.2) is 0 Å². The summed E-state index contributed by atoms with van der Waals surface area (Å²) >= 11 is 0. The molecular weight excluding hydrogens is 168 g/mol. The third-order valence-corrected chi connectivity index (χ3v) is 2.08. The van der Waals surface area contributed by atoms with Crippen molar-refractivity contribution in [3.8, 4) is 0 Å². The van der Waals surface area contributed by atoms with E-state index in [9.17, 15) is 4.79 Å². The van der Waals surface area contributed by atoms with E-state index in [2.05, 4.69) is 6.92 Å². The fourth-order valence-electron chi connectivity index (χ4n) is 1.09. The van der Waals surface area contributed by atoms with Crippen LogP contribution < -0.4 is 0 Å². The van der Waals surface area contributed by atoms with Crippen LogP contribution in [0.4, 0.5) is 4.79 Å². The molecule has 1 aliphatic carbocycles. The molecule has 0 spiro atoms. The lowest BCUT2D eigenvalue weighted by atomic mass is 10.2. The average molecular weight is 186 g/mol. The third-order valence-electron chi connectivity index (χ3n) is 2.08. The topological polar surface area (TPSA) is 35.5 Å². The van der Waals surface area contributed by atoms with E-state index >= 15 is 0 Å². The fourth-order valence-corrected chi connectivity index (χ4v) is 1.09. The van der Waals surface area contributed by atoms with Crippen LogP contribution in [0.3, 0.4) is 0 Å². The number of carbonyl (C=O) groups excluding carboxylic acids is 1. The fraction of sp³-hybridized carbons (Fsp3) is 0.900. The second-order valence-electron chi connectivity index (χ2n) is 4.75. The quantitative estimate of drug-likeness (QED) is 0.622. The molecule has 0 N–H and O–H groups in total. The van der Waals surface area contributed by atoms with Crippen LogP contribution in [-0.2, 0) is 9.47 Å². The molecule has 3 heteroatoms. The Morgan fingerprint density at radius 1 is 1.46 bits per heavy atom. The summed E-state index contributed by atoms with van der Waals surface area (Å²) in [6.07, 6.45) is 0.620. The Kier molecular flexibility index (Phi) is 2.84. The van der Waals surface area contributed by atoms with Gasteiger partial charge >= 0.3 is 6.16 Å². The number of carbonyl (C=O) groups is 1. The molecule has 1 aliphatic rings. The Morgan fingerprint density at radius 3 is 2.38 bits per heavy atom. The molecule has 0 aromatic carbocycles. The minimum Gasteiger partial charge on any atom is -0.434 e. The van der Waals surface area contributed by atoms with Crippen LogP contribution >= 0.6 is 0 Å². The van der Waals surface area contributed by atoms with Gasteiger partial charge in [-0.05, 0) is 39.0 Å². The van der Waals surface area contributed by atoms with Crippen molar-refractivity contribution in [2.24, 2.45) is 11.8 Å². The van der Waals surface area contributed by atoms with Crippen LogP contribution in [0.2, 0.25) is 0 Å². The third kappa shape index (κ3) is 4.15. The first-order valence-electron chi connectivity index (χ1n) is 4.74. The second kappa shape index (κ2) is 3.56. The minimum absolute atomic E-state index is 0.452. The molecule has 0 unspecified atom stereocenters. The number of ether oxygens (including phenoxy) is 2. The summed E-state index contributed by atoms with van der Waals surface area (Å²) in [6, 6.07) is 0. The molecule has 0 aromatic heterocycles. The normalized spacial score (nSPS) is 26.8. The summed E-state index contributed by atoms with van der Waals surface area (Å²) in [4.78, 5) is 11.1. The Hall–Kier alpha value is -0.730. The van der Waals surface area contributed by atoms with E-state index < -0.39 is 11.8 Å². The molecule has 1 saturated carbocycles. The van der Waals surface area contributed by atoms with Crippen LogP contribution in [0.25, 0.3) is 0 Å². The van der Waals surface area contributed by atoms with Crippen LogP contribution in [-0.4, -0.2) is 18.4 Å². The van der Waals surface area contributed by atoms with E-state index in [4.69, 9.17) is 9.47 Å². The Balaban J connectivity index is 2.11. The SMILES string of the molecule is C[C@@H]1C[C@H]1COC(=O)OC(C)(C)C. The molecule has 3 nitrogen and oxygen atoms in total. The summed E-state index contributed by atoms with van der Waals surface area (Å²) in [6.45, 7) is 8.15. The van der Waals surface area contributed by atoms with E-state index in [1.165, 1.54) is 6.42 Å². The van der Waals surface area contributed by atoms with Gasteiger partial charge in [-0.3, -0.25) is 0 Å². The van der Waals surface area contributed by atoms with E-state index in [1.807, 2.05) is 20.8 Å². The van der Waals surface area contributed by atoms with Crippen LogP contribution in [0.1, 0.15) is 34.1 Å². The van der Waals surface area contributed by atoms with Gasteiger partial charge in [0.05, 0.1) is 6.61 Å². The van der Waals surface area contributed by atoms with Crippen molar-refractivity contribution in [1.29, 1.82) is 0 Å². The summed E-state index contributed by atoms with van der Waals surface area (Å²) in [5.74, 6) is 1.27. The smallest absolute Gasteiger partial charge is 0.434 e. The highest BCUT2D eigenvalue weighted by atomic mass is 16.7. The number of rotatable bonds is 2. The maximum atomic E-state index is 11.1. The molecule has 13 heavy (non-hydrogen) atoms. The molecule has 0 saturated heterocycles. The Morgan fingerprint density at radius 2 is 2.00 bits per heavy atom. The largest absolute Gasteiger partial charge is 0.508 e. The van der Waals surface area contributed by atoms with Gasteiger partial charge in [0.2, 0.25) is 0 Å². The maximum Gasteiger partial charge on any atom is 0.508 e. The van der Waals surface area contributed by atoms with Gasteiger partial charge < -0.3 is 9.47 Å². The first-order valence-corrected chi connectivity index (χ1v) is 4.74. The van der Waals surface area contributed by atoms with Crippen LogP contribution in [0.15, 0.2) is 0 Å². The molecular formula is C10H18O3. The van der Waals surface area contributed by atoms with Crippen molar-refractivity contribution in [2.75, 3.05) is 6.61 Å². The maximum absolute atomic E-state index is 11.1. The highest BCUT2D eigenvalue weighted by Gasteiger charge is 2.34. The predicted octanol–water partition coefficient (Wildman–Crippen LogP) is 2.59. The Labute approximate surface area is 79.4 Å². The van der Waals surface area contributed by atoms with E-state index in [0.717, 1.165) is 0 Å².